The molecule has 0 N–H and O–H groups in total. The van der Waals surface area contributed by atoms with Gasteiger partial charge in [0.1, 0.15) is 23.6 Å². The highest BCUT2D eigenvalue weighted by molar-refractivity contribution is 5.44. The number of halogens is 3. The average molecular weight is 407 g/mol. The molecule has 2 fully saturated rings. The van der Waals surface area contributed by atoms with Crippen molar-refractivity contribution in [3.05, 3.63) is 35.4 Å². The summed E-state index contributed by atoms with van der Waals surface area (Å²) in [4.78, 5) is 16.6. The highest BCUT2D eigenvalue weighted by Gasteiger charge is 2.39. The van der Waals surface area contributed by atoms with Gasteiger partial charge in [0.05, 0.1) is 12.2 Å². The molecule has 0 aromatic carbocycles. The lowest BCUT2D eigenvalue weighted by molar-refractivity contribution is -0.141. The largest absolute Gasteiger partial charge is 0.444 e. The Hall–Kier alpha value is -2.16. The van der Waals surface area contributed by atoms with Gasteiger partial charge in [-0.05, 0) is 38.5 Å². The molecule has 0 unspecified atom stereocenters. The number of aryl methyl sites for hydroxylation is 2. The van der Waals surface area contributed by atoms with Gasteiger partial charge in [0.2, 0.25) is 5.89 Å². The molecular weight excluding hydrogens is 383 g/mol. The van der Waals surface area contributed by atoms with Gasteiger partial charge in [-0.1, -0.05) is 0 Å². The molecule has 0 atom stereocenters. The van der Waals surface area contributed by atoms with Crippen LogP contribution < -0.4 is 4.90 Å². The van der Waals surface area contributed by atoms with Gasteiger partial charge in [0.15, 0.2) is 0 Å². The molecular formula is C20H24F3N5O. The smallest absolute Gasteiger partial charge is 0.433 e. The second-order valence-corrected chi connectivity index (χ2v) is 8.24. The van der Waals surface area contributed by atoms with E-state index in [-0.39, 0.29) is 12.1 Å². The van der Waals surface area contributed by atoms with Crippen LogP contribution in [0.5, 0.6) is 0 Å². The Morgan fingerprint density at radius 1 is 1.07 bits per heavy atom. The number of hydrogen-bond acceptors (Lipinski definition) is 6. The number of alkyl halides is 3. The predicted molar refractivity (Wildman–Crippen MR) is 99.4 cm³/mol. The van der Waals surface area contributed by atoms with E-state index in [2.05, 4.69) is 24.8 Å². The summed E-state index contributed by atoms with van der Waals surface area (Å²) in [6.45, 7) is 2.45. The molecule has 29 heavy (non-hydrogen) atoms. The first-order valence-corrected chi connectivity index (χ1v) is 10.3. The van der Waals surface area contributed by atoms with E-state index >= 15 is 0 Å². The first-order valence-electron chi connectivity index (χ1n) is 10.3. The Balaban J connectivity index is 1.25. The van der Waals surface area contributed by atoms with E-state index in [1.54, 1.807) is 0 Å². The van der Waals surface area contributed by atoms with Crippen LogP contribution in [0.4, 0.5) is 19.0 Å². The van der Waals surface area contributed by atoms with Crippen LogP contribution >= 0.6 is 0 Å². The third-order valence-corrected chi connectivity index (χ3v) is 6.10. The molecule has 3 heterocycles. The van der Waals surface area contributed by atoms with Gasteiger partial charge < -0.3 is 9.32 Å². The fraction of sp³-hybridized carbons (Fsp3) is 0.650. The number of piperidine rings is 1. The molecule has 1 saturated heterocycles. The van der Waals surface area contributed by atoms with Crippen LogP contribution in [-0.4, -0.2) is 45.0 Å². The van der Waals surface area contributed by atoms with Gasteiger partial charge in [-0.2, -0.15) is 13.2 Å². The molecule has 2 aromatic heterocycles. The third-order valence-electron chi connectivity index (χ3n) is 6.10. The second-order valence-electron chi connectivity index (χ2n) is 8.24. The molecule has 0 amide bonds. The van der Waals surface area contributed by atoms with Crippen molar-refractivity contribution in [3.8, 4) is 0 Å². The molecule has 3 aliphatic rings. The van der Waals surface area contributed by atoms with Crippen LogP contribution in [0.25, 0.3) is 0 Å². The number of fused-ring (bicyclic) bond motifs is 1. The second kappa shape index (κ2) is 7.27. The zero-order chi connectivity index (χ0) is 20.0. The maximum absolute atomic E-state index is 13.1. The predicted octanol–water partition coefficient (Wildman–Crippen LogP) is 3.61. The van der Waals surface area contributed by atoms with Crippen LogP contribution in [0.1, 0.15) is 55.1 Å². The number of anilines is 1. The van der Waals surface area contributed by atoms with Crippen LogP contribution in [-0.2, 0) is 25.6 Å². The fourth-order valence-electron chi connectivity index (χ4n) is 4.53. The van der Waals surface area contributed by atoms with Crippen LogP contribution in [0.2, 0.25) is 0 Å². The summed E-state index contributed by atoms with van der Waals surface area (Å²) in [5.41, 5.74) is 0.238. The zero-order valence-corrected chi connectivity index (χ0v) is 16.2. The number of nitrogens with zero attached hydrogens (tertiary/aromatic N) is 5. The lowest BCUT2D eigenvalue weighted by atomic mass is 10.0. The third kappa shape index (κ3) is 3.97. The Kier molecular flexibility index (Phi) is 4.72. The topological polar surface area (TPSA) is 58.3 Å². The van der Waals surface area contributed by atoms with Crippen molar-refractivity contribution in [1.29, 1.82) is 0 Å². The van der Waals surface area contributed by atoms with Gasteiger partial charge in [0, 0.05) is 37.7 Å². The van der Waals surface area contributed by atoms with Crippen molar-refractivity contribution in [2.24, 2.45) is 0 Å². The summed E-state index contributed by atoms with van der Waals surface area (Å²) < 4.78 is 45.1. The van der Waals surface area contributed by atoms with Gasteiger partial charge in [-0.15, -0.1) is 0 Å². The standard InChI is InChI=1S/C20H24F3N5O/c21-20(22,23)17-10-18(25-12-24-17)28(13-4-5-13)14-6-8-27(9-7-14)11-19-26-15-2-1-3-16(15)29-19/h10,12-14H,1-9,11H2. The van der Waals surface area contributed by atoms with Gasteiger partial charge in [-0.25, -0.2) is 15.0 Å². The molecule has 6 nitrogen and oxygen atoms in total. The highest BCUT2D eigenvalue weighted by atomic mass is 19.4. The first-order chi connectivity index (χ1) is 14.0. The minimum atomic E-state index is -4.45. The molecule has 5 rings (SSSR count). The summed E-state index contributed by atoms with van der Waals surface area (Å²) in [5.74, 6) is 2.23. The van der Waals surface area contributed by atoms with Crippen molar-refractivity contribution in [3.63, 3.8) is 0 Å². The molecule has 2 aromatic rings. The van der Waals surface area contributed by atoms with Gasteiger partial charge in [0.25, 0.3) is 0 Å². The highest BCUT2D eigenvalue weighted by Crippen LogP contribution is 2.37. The molecule has 1 aliphatic heterocycles. The number of oxazole rings is 1. The summed E-state index contributed by atoms with van der Waals surface area (Å²) >= 11 is 0. The quantitative estimate of drug-likeness (QED) is 0.755. The number of rotatable bonds is 5. The molecule has 9 heteroatoms. The summed E-state index contributed by atoms with van der Waals surface area (Å²) in [6.07, 6.45) is 3.50. The van der Waals surface area contributed by atoms with Crippen molar-refractivity contribution in [2.45, 2.75) is 69.8 Å². The minimum Gasteiger partial charge on any atom is -0.444 e. The monoisotopic (exact) mass is 407 g/mol. The summed E-state index contributed by atoms with van der Waals surface area (Å²) in [5, 5.41) is 0. The van der Waals surface area contributed by atoms with Crippen LogP contribution in [0.15, 0.2) is 16.8 Å². The summed E-state index contributed by atoms with van der Waals surface area (Å²) in [7, 11) is 0. The van der Waals surface area contributed by atoms with Crippen LogP contribution in [0, 0.1) is 0 Å². The van der Waals surface area contributed by atoms with E-state index in [0.29, 0.717) is 12.4 Å². The Labute approximate surface area is 167 Å². The molecule has 2 aliphatic carbocycles. The van der Waals surface area contributed by atoms with Gasteiger partial charge >= 0.3 is 6.18 Å². The van der Waals surface area contributed by atoms with E-state index in [4.69, 9.17) is 4.42 Å². The van der Waals surface area contributed by atoms with Crippen molar-refractivity contribution in [2.75, 3.05) is 18.0 Å². The Morgan fingerprint density at radius 2 is 1.83 bits per heavy atom. The number of aromatic nitrogens is 3. The first kappa shape index (κ1) is 18.8. The van der Waals surface area contributed by atoms with E-state index in [0.717, 1.165) is 87.8 Å². The maximum atomic E-state index is 13.1. The summed E-state index contributed by atoms with van der Waals surface area (Å²) in [6, 6.07) is 1.58. The number of hydrogen-bond donors (Lipinski definition) is 0. The van der Waals surface area contributed by atoms with E-state index in [1.165, 1.54) is 0 Å². The SMILES string of the molecule is FC(F)(F)c1cc(N(C2CC2)C2CCN(Cc3nc4c(o3)CCC4)CC2)ncn1. The normalized spacial score (nSPS) is 20.8. The van der Waals surface area contributed by atoms with E-state index in [1.807, 2.05) is 0 Å². The minimum absolute atomic E-state index is 0.198. The molecule has 1 saturated carbocycles. The Bertz CT molecular complexity index is 850. The van der Waals surface area contributed by atoms with E-state index < -0.39 is 11.9 Å². The van der Waals surface area contributed by atoms with Gasteiger partial charge in [-0.3, -0.25) is 4.90 Å². The van der Waals surface area contributed by atoms with Crippen molar-refractivity contribution >= 4 is 5.82 Å². The zero-order valence-electron chi connectivity index (χ0n) is 16.2. The number of likely N-dealkylation sites (tertiary alicyclic amines) is 1. The molecule has 0 radical (unpaired) electrons. The lowest BCUT2D eigenvalue weighted by Crippen LogP contribution is -2.46. The maximum Gasteiger partial charge on any atom is 0.433 e. The molecule has 0 spiro atoms. The van der Waals surface area contributed by atoms with Crippen LogP contribution in [0.3, 0.4) is 0 Å². The van der Waals surface area contributed by atoms with Crippen molar-refractivity contribution in [1.82, 2.24) is 19.9 Å². The molecule has 0 bridgehead atoms. The Morgan fingerprint density at radius 3 is 2.52 bits per heavy atom. The average Bonchev–Trinajstić information content (AvgIpc) is 3.30. The van der Waals surface area contributed by atoms with Crippen molar-refractivity contribution < 1.29 is 17.6 Å². The van der Waals surface area contributed by atoms with E-state index in [9.17, 15) is 13.2 Å². The fourth-order valence-corrected chi connectivity index (χ4v) is 4.53. The molecule has 156 valence electrons. The lowest BCUT2D eigenvalue weighted by Gasteiger charge is -2.39.